The van der Waals surface area contributed by atoms with Crippen molar-refractivity contribution in [2.45, 2.75) is 52.2 Å². The van der Waals surface area contributed by atoms with Crippen molar-refractivity contribution in [3.63, 3.8) is 0 Å². The van der Waals surface area contributed by atoms with Crippen LogP contribution in [-0.2, 0) is 9.31 Å². The molecular weight excluding hydrogens is 251 g/mol. The van der Waals surface area contributed by atoms with E-state index in [2.05, 4.69) is 4.98 Å². The molecule has 0 aromatic carbocycles. The van der Waals surface area contributed by atoms with Gasteiger partial charge >= 0.3 is 7.12 Å². The van der Waals surface area contributed by atoms with Gasteiger partial charge in [-0.2, -0.15) is 0 Å². The number of halogens is 2. The summed E-state index contributed by atoms with van der Waals surface area (Å²) in [7, 11) is -0.804. The third-order valence-corrected chi connectivity index (χ3v) is 3.80. The number of aryl methyl sites for hydroxylation is 1. The molecule has 0 unspecified atom stereocenters. The Morgan fingerprint density at radius 2 is 1.68 bits per heavy atom. The Hall–Kier alpha value is -1.01. The van der Waals surface area contributed by atoms with E-state index < -0.39 is 24.7 Å². The minimum absolute atomic E-state index is 0.274. The van der Waals surface area contributed by atoms with Crippen LogP contribution in [0.5, 0.6) is 0 Å². The van der Waals surface area contributed by atoms with E-state index in [0.717, 1.165) is 5.56 Å². The van der Waals surface area contributed by atoms with Crippen molar-refractivity contribution in [1.29, 1.82) is 0 Å². The minimum Gasteiger partial charge on any atom is -0.399 e. The molecule has 1 aliphatic rings. The van der Waals surface area contributed by atoms with Crippen LogP contribution in [0.15, 0.2) is 12.3 Å². The van der Waals surface area contributed by atoms with E-state index in [0.29, 0.717) is 5.46 Å². The molecule has 0 radical (unpaired) electrons. The van der Waals surface area contributed by atoms with Crippen molar-refractivity contribution in [1.82, 2.24) is 4.98 Å². The molecule has 1 saturated heterocycles. The number of aromatic nitrogens is 1. The van der Waals surface area contributed by atoms with Crippen LogP contribution in [0.2, 0.25) is 0 Å². The Kier molecular flexibility index (Phi) is 3.43. The van der Waals surface area contributed by atoms with E-state index >= 15 is 0 Å². The highest BCUT2D eigenvalue weighted by Crippen LogP contribution is 2.37. The lowest BCUT2D eigenvalue weighted by Crippen LogP contribution is -2.41. The van der Waals surface area contributed by atoms with E-state index in [1.807, 2.05) is 27.7 Å². The number of pyridine rings is 1. The highest BCUT2D eigenvalue weighted by atomic mass is 19.3. The molecule has 2 rings (SSSR count). The van der Waals surface area contributed by atoms with Crippen molar-refractivity contribution >= 4 is 12.6 Å². The molecule has 2 heterocycles. The van der Waals surface area contributed by atoms with E-state index in [1.165, 1.54) is 6.20 Å². The van der Waals surface area contributed by atoms with Crippen LogP contribution in [0.1, 0.15) is 45.4 Å². The summed E-state index contributed by atoms with van der Waals surface area (Å²) in [4.78, 5) is 3.81. The third kappa shape index (κ3) is 2.51. The number of hydrogen-bond donors (Lipinski definition) is 0. The molecule has 0 saturated carbocycles. The maximum absolute atomic E-state index is 13.0. The van der Waals surface area contributed by atoms with E-state index in [-0.39, 0.29) is 5.69 Å². The highest BCUT2D eigenvalue weighted by molar-refractivity contribution is 6.62. The van der Waals surface area contributed by atoms with Gasteiger partial charge in [0.25, 0.3) is 6.43 Å². The van der Waals surface area contributed by atoms with Gasteiger partial charge in [0, 0.05) is 11.7 Å². The van der Waals surface area contributed by atoms with Crippen molar-refractivity contribution < 1.29 is 18.1 Å². The summed E-state index contributed by atoms with van der Waals surface area (Å²) in [5.74, 6) is 0. The smallest absolute Gasteiger partial charge is 0.399 e. The van der Waals surface area contributed by atoms with E-state index in [4.69, 9.17) is 9.31 Å². The summed E-state index contributed by atoms with van der Waals surface area (Å²) >= 11 is 0. The Morgan fingerprint density at radius 1 is 1.16 bits per heavy atom. The van der Waals surface area contributed by atoms with Gasteiger partial charge in [0.15, 0.2) is 0 Å². The number of rotatable bonds is 2. The zero-order chi connectivity index (χ0) is 14.4. The van der Waals surface area contributed by atoms with Gasteiger partial charge in [-0.3, -0.25) is 4.98 Å². The van der Waals surface area contributed by atoms with Crippen molar-refractivity contribution in [3.8, 4) is 0 Å². The molecule has 19 heavy (non-hydrogen) atoms. The van der Waals surface area contributed by atoms with Gasteiger partial charge in [-0.25, -0.2) is 8.78 Å². The fourth-order valence-corrected chi connectivity index (χ4v) is 1.94. The average molecular weight is 269 g/mol. The molecule has 3 nitrogen and oxygen atoms in total. The molecule has 0 amide bonds. The molecule has 6 heteroatoms. The largest absolute Gasteiger partial charge is 0.496 e. The van der Waals surface area contributed by atoms with Crippen molar-refractivity contribution in [2.24, 2.45) is 0 Å². The Morgan fingerprint density at radius 3 is 2.16 bits per heavy atom. The zero-order valence-corrected chi connectivity index (χ0v) is 11.8. The molecule has 0 bridgehead atoms. The van der Waals surface area contributed by atoms with Crippen molar-refractivity contribution in [3.05, 3.63) is 23.5 Å². The maximum atomic E-state index is 13.0. The van der Waals surface area contributed by atoms with Gasteiger partial charge in [-0.05, 0) is 40.2 Å². The minimum atomic E-state index is -2.64. The van der Waals surface area contributed by atoms with E-state index in [9.17, 15) is 8.78 Å². The monoisotopic (exact) mass is 269 g/mol. The van der Waals surface area contributed by atoms with Gasteiger partial charge < -0.3 is 9.31 Å². The van der Waals surface area contributed by atoms with Gasteiger partial charge in [0.05, 0.1) is 11.2 Å². The fraction of sp³-hybridized carbons (Fsp3) is 0.615. The maximum Gasteiger partial charge on any atom is 0.496 e. The molecule has 1 aliphatic heterocycles. The topological polar surface area (TPSA) is 31.4 Å². The average Bonchev–Trinajstić information content (AvgIpc) is 2.47. The summed E-state index contributed by atoms with van der Waals surface area (Å²) in [6, 6.07) is 1.65. The third-order valence-electron chi connectivity index (χ3n) is 3.80. The van der Waals surface area contributed by atoms with Crippen LogP contribution >= 0.6 is 0 Å². The number of nitrogens with zero attached hydrogens (tertiary/aromatic N) is 1. The standard InChI is InChI=1S/C13H18BF2NO2/c1-8-6-9(10(11(15)16)17-7-8)14-18-12(2,3)13(4,5)19-14/h6-7,11H,1-5H3. The summed E-state index contributed by atoms with van der Waals surface area (Å²) in [6.45, 7) is 9.35. The first-order chi connectivity index (χ1) is 8.64. The molecule has 0 N–H and O–H groups in total. The first kappa shape index (κ1) is 14.4. The van der Waals surface area contributed by atoms with Gasteiger partial charge in [-0.1, -0.05) is 6.07 Å². The Labute approximate surface area is 112 Å². The molecule has 1 aromatic rings. The first-order valence-corrected chi connectivity index (χ1v) is 6.24. The first-order valence-electron chi connectivity index (χ1n) is 6.24. The Bertz CT molecular complexity index is 476. The fourth-order valence-electron chi connectivity index (χ4n) is 1.94. The lowest BCUT2D eigenvalue weighted by atomic mass is 9.77. The quantitative estimate of drug-likeness (QED) is 0.773. The van der Waals surface area contributed by atoms with Crippen LogP contribution in [0.3, 0.4) is 0 Å². The summed E-state index contributed by atoms with van der Waals surface area (Å²) in [5.41, 5.74) is -0.270. The predicted octanol–water partition coefficient (Wildman–Crippen LogP) is 2.63. The normalized spacial score (nSPS) is 21.2. The molecule has 0 atom stereocenters. The molecule has 104 valence electrons. The van der Waals surface area contributed by atoms with Crippen LogP contribution < -0.4 is 5.46 Å². The summed E-state index contributed by atoms with van der Waals surface area (Å²) in [5, 5.41) is 0. The molecular formula is C13H18BF2NO2. The van der Waals surface area contributed by atoms with Gasteiger partial charge in [-0.15, -0.1) is 0 Å². The van der Waals surface area contributed by atoms with Crippen LogP contribution in [0, 0.1) is 6.92 Å². The SMILES string of the molecule is Cc1cnc(C(F)F)c(B2OC(C)(C)C(C)(C)O2)c1. The van der Waals surface area contributed by atoms with Gasteiger partial charge in [0.1, 0.15) is 5.69 Å². The highest BCUT2D eigenvalue weighted by Gasteiger charge is 2.52. The second-order valence-electron chi connectivity index (χ2n) is 5.88. The molecule has 1 fully saturated rings. The lowest BCUT2D eigenvalue weighted by Gasteiger charge is -2.32. The van der Waals surface area contributed by atoms with Crippen LogP contribution in [0.4, 0.5) is 8.78 Å². The van der Waals surface area contributed by atoms with Crippen LogP contribution in [0.25, 0.3) is 0 Å². The van der Waals surface area contributed by atoms with Gasteiger partial charge in [0.2, 0.25) is 0 Å². The lowest BCUT2D eigenvalue weighted by molar-refractivity contribution is 0.00578. The molecule has 0 aliphatic carbocycles. The van der Waals surface area contributed by atoms with Crippen molar-refractivity contribution in [2.75, 3.05) is 0 Å². The Balaban J connectivity index is 2.41. The second kappa shape index (κ2) is 4.53. The number of alkyl halides is 2. The zero-order valence-electron chi connectivity index (χ0n) is 11.8. The van der Waals surface area contributed by atoms with E-state index in [1.54, 1.807) is 13.0 Å². The molecule has 1 aromatic heterocycles. The predicted molar refractivity (Wildman–Crippen MR) is 69.6 cm³/mol. The summed E-state index contributed by atoms with van der Waals surface area (Å²) < 4.78 is 37.6. The second-order valence-corrected chi connectivity index (χ2v) is 5.88. The summed E-state index contributed by atoms with van der Waals surface area (Å²) in [6.07, 6.45) is -1.22. The van der Waals surface area contributed by atoms with Crippen LogP contribution in [-0.4, -0.2) is 23.3 Å². The molecule has 0 spiro atoms. The number of hydrogen-bond acceptors (Lipinski definition) is 3.